The van der Waals surface area contributed by atoms with E-state index in [9.17, 15) is 14.7 Å². The number of carboxylic acids is 1. The van der Waals surface area contributed by atoms with Crippen LogP contribution in [0.5, 0.6) is 5.75 Å². The predicted molar refractivity (Wildman–Crippen MR) is 107 cm³/mol. The largest absolute Gasteiger partial charge is 0.550 e. The van der Waals surface area contributed by atoms with Gasteiger partial charge in [-0.3, -0.25) is 9.69 Å². The van der Waals surface area contributed by atoms with Crippen LogP contribution in [0, 0.1) is 0 Å². The van der Waals surface area contributed by atoms with Crippen molar-refractivity contribution in [2.24, 2.45) is 0 Å². The van der Waals surface area contributed by atoms with Crippen LogP contribution in [-0.4, -0.2) is 39.2 Å². The molecule has 8 heteroatoms. The van der Waals surface area contributed by atoms with E-state index in [0.29, 0.717) is 33.7 Å². The summed E-state index contributed by atoms with van der Waals surface area (Å²) >= 11 is 6.44. The highest BCUT2D eigenvalue weighted by molar-refractivity contribution is 8.26. The number of thioether (sulfide) groups is 1. The third-order valence-corrected chi connectivity index (χ3v) is 5.30. The van der Waals surface area contributed by atoms with Crippen molar-refractivity contribution in [3.8, 4) is 5.75 Å². The van der Waals surface area contributed by atoms with Crippen LogP contribution in [0.2, 0.25) is 0 Å². The fraction of sp³-hybridized carbons (Fsp3) is 0.263. The van der Waals surface area contributed by atoms with Gasteiger partial charge >= 0.3 is 0 Å². The van der Waals surface area contributed by atoms with Crippen molar-refractivity contribution in [2.75, 3.05) is 13.2 Å². The number of hydrogen-bond acceptors (Lipinski definition) is 7. The summed E-state index contributed by atoms with van der Waals surface area (Å²) in [5, 5.41) is 11.5. The Hall–Kier alpha value is -2.45. The van der Waals surface area contributed by atoms with Crippen LogP contribution in [0.15, 0.2) is 35.2 Å². The number of hydrogen-bond donors (Lipinski definition) is 0. The molecule has 0 atom stereocenters. The zero-order valence-electron chi connectivity index (χ0n) is 14.6. The summed E-state index contributed by atoms with van der Waals surface area (Å²) in [6.07, 6.45) is 1.89. The molecule has 1 fully saturated rings. The molecule has 1 aromatic heterocycles. The molecule has 2 heterocycles. The van der Waals surface area contributed by atoms with Gasteiger partial charge in [0.25, 0.3) is 5.91 Å². The average molecular weight is 401 g/mol. The fourth-order valence-electron chi connectivity index (χ4n) is 2.70. The smallest absolute Gasteiger partial charge is 0.266 e. The molecule has 140 valence electrons. The van der Waals surface area contributed by atoms with Gasteiger partial charge in [0.15, 0.2) is 0 Å². The summed E-state index contributed by atoms with van der Waals surface area (Å²) in [6, 6.07) is 9.48. The van der Waals surface area contributed by atoms with Gasteiger partial charge in [-0.2, -0.15) is 0 Å². The molecule has 1 aromatic carbocycles. The molecular weight excluding hydrogens is 384 g/mol. The molecule has 1 aliphatic rings. The molecule has 27 heavy (non-hydrogen) atoms. The Morgan fingerprint density at radius 1 is 1.37 bits per heavy atom. The van der Waals surface area contributed by atoms with Crippen molar-refractivity contribution in [3.63, 3.8) is 0 Å². The highest BCUT2D eigenvalue weighted by Gasteiger charge is 2.31. The standard InChI is InChI=1S/C19H18N2O4S2/c1-2-25-14-6-3-5-12-8-9-13(20-17(12)14)11-15-18(24)21(19(26)27-15)10-4-7-16(22)23/h3,5-6,8-9,11H,2,4,7,10H2,1H3,(H,22,23)/p-1/b15-11-. The second-order valence-corrected chi connectivity index (χ2v) is 7.48. The van der Waals surface area contributed by atoms with Crippen LogP contribution in [-0.2, 0) is 9.59 Å². The van der Waals surface area contributed by atoms with Gasteiger partial charge in [-0.1, -0.05) is 42.2 Å². The number of aromatic nitrogens is 1. The fourth-order valence-corrected chi connectivity index (χ4v) is 3.99. The number of para-hydroxylation sites is 1. The molecule has 6 nitrogen and oxygen atoms in total. The van der Waals surface area contributed by atoms with Gasteiger partial charge in [0, 0.05) is 17.9 Å². The van der Waals surface area contributed by atoms with Gasteiger partial charge in [-0.05, 0) is 38.0 Å². The van der Waals surface area contributed by atoms with E-state index in [1.807, 2.05) is 37.3 Å². The number of rotatable bonds is 7. The minimum Gasteiger partial charge on any atom is -0.550 e. The summed E-state index contributed by atoms with van der Waals surface area (Å²) in [4.78, 5) is 29.6. The summed E-state index contributed by atoms with van der Waals surface area (Å²) in [7, 11) is 0. The van der Waals surface area contributed by atoms with Crippen molar-refractivity contribution in [1.29, 1.82) is 0 Å². The summed E-state index contributed by atoms with van der Waals surface area (Å²) in [5.74, 6) is -0.676. The Labute approximate surface area is 166 Å². The Morgan fingerprint density at radius 3 is 2.93 bits per heavy atom. The van der Waals surface area contributed by atoms with Crippen molar-refractivity contribution in [2.45, 2.75) is 19.8 Å². The van der Waals surface area contributed by atoms with E-state index in [1.165, 1.54) is 16.7 Å². The Morgan fingerprint density at radius 2 is 2.19 bits per heavy atom. The summed E-state index contributed by atoms with van der Waals surface area (Å²) in [5.41, 5.74) is 1.36. The monoisotopic (exact) mass is 401 g/mol. The second-order valence-electron chi connectivity index (χ2n) is 5.81. The van der Waals surface area contributed by atoms with E-state index in [4.69, 9.17) is 17.0 Å². The van der Waals surface area contributed by atoms with E-state index in [-0.39, 0.29) is 18.9 Å². The Kier molecular flexibility index (Phi) is 6.08. The molecular formula is C19H17N2O4S2-. The van der Waals surface area contributed by atoms with Crippen LogP contribution < -0.4 is 9.84 Å². The molecule has 0 saturated carbocycles. The van der Waals surface area contributed by atoms with Gasteiger partial charge in [0.05, 0.1) is 17.2 Å². The Balaban J connectivity index is 1.84. The molecule has 0 aliphatic carbocycles. The van der Waals surface area contributed by atoms with Crippen LogP contribution in [0.1, 0.15) is 25.5 Å². The molecule has 1 aliphatic heterocycles. The lowest BCUT2D eigenvalue weighted by molar-refractivity contribution is -0.305. The SMILES string of the molecule is CCOc1cccc2ccc(/C=C3\SC(=S)N(CCCC(=O)[O-])C3=O)nc12. The van der Waals surface area contributed by atoms with E-state index in [0.717, 1.165) is 10.9 Å². The number of pyridine rings is 1. The molecule has 0 unspecified atom stereocenters. The number of carbonyl (C=O) groups is 2. The van der Waals surface area contributed by atoms with Crippen molar-refractivity contribution in [1.82, 2.24) is 9.88 Å². The van der Waals surface area contributed by atoms with Gasteiger partial charge in [0.1, 0.15) is 15.6 Å². The molecule has 2 aromatic rings. The highest BCUT2D eigenvalue weighted by Crippen LogP contribution is 2.33. The quantitative estimate of drug-likeness (QED) is 0.520. The first-order valence-corrected chi connectivity index (χ1v) is 9.70. The zero-order chi connectivity index (χ0) is 19.4. The number of carboxylic acid groups (broad SMARTS) is 1. The van der Waals surface area contributed by atoms with Crippen molar-refractivity contribution in [3.05, 3.63) is 40.9 Å². The maximum absolute atomic E-state index is 12.6. The lowest BCUT2D eigenvalue weighted by atomic mass is 10.2. The minimum atomic E-state index is -1.14. The summed E-state index contributed by atoms with van der Waals surface area (Å²) in [6.45, 7) is 2.71. The summed E-state index contributed by atoms with van der Waals surface area (Å²) < 4.78 is 6.04. The molecule has 0 N–H and O–H groups in total. The number of benzene rings is 1. The molecule has 3 rings (SSSR count). The molecule has 1 saturated heterocycles. The maximum Gasteiger partial charge on any atom is 0.266 e. The second kappa shape index (κ2) is 8.49. The average Bonchev–Trinajstić information content (AvgIpc) is 2.89. The maximum atomic E-state index is 12.6. The van der Waals surface area contributed by atoms with Gasteiger partial charge in [-0.15, -0.1) is 0 Å². The van der Waals surface area contributed by atoms with E-state index in [2.05, 4.69) is 4.98 Å². The third kappa shape index (κ3) is 4.45. The van der Waals surface area contributed by atoms with E-state index < -0.39 is 5.97 Å². The van der Waals surface area contributed by atoms with Crippen molar-refractivity contribution >= 4 is 57.2 Å². The molecule has 1 amide bonds. The lowest BCUT2D eigenvalue weighted by Crippen LogP contribution is -2.30. The highest BCUT2D eigenvalue weighted by atomic mass is 32.2. The number of nitrogens with zero attached hydrogens (tertiary/aromatic N) is 2. The minimum absolute atomic E-state index is 0.109. The van der Waals surface area contributed by atoms with Crippen LogP contribution >= 0.6 is 24.0 Å². The lowest BCUT2D eigenvalue weighted by Gasteiger charge is -2.14. The van der Waals surface area contributed by atoms with E-state index >= 15 is 0 Å². The van der Waals surface area contributed by atoms with Gasteiger partial charge in [0.2, 0.25) is 0 Å². The zero-order valence-corrected chi connectivity index (χ0v) is 16.3. The number of aliphatic carboxylic acids is 1. The predicted octanol–water partition coefficient (Wildman–Crippen LogP) is 2.36. The normalized spacial score (nSPS) is 15.7. The molecule has 0 bridgehead atoms. The third-order valence-electron chi connectivity index (χ3n) is 3.92. The molecule has 0 spiro atoms. The van der Waals surface area contributed by atoms with Crippen LogP contribution in [0.4, 0.5) is 0 Å². The first-order valence-electron chi connectivity index (χ1n) is 8.47. The number of ether oxygens (including phenoxy) is 1. The number of fused-ring (bicyclic) bond motifs is 1. The first-order chi connectivity index (χ1) is 13.0. The topological polar surface area (TPSA) is 82.6 Å². The number of amides is 1. The van der Waals surface area contributed by atoms with E-state index in [1.54, 1.807) is 6.08 Å². The number of carbonyl (C=O) groups excluding carboxylic acids is 2. The van der Waals surface area contributed by atoms with Crippen LogP contribution in [0.25, 0.3) is 17.0 Å². The Bertz CT molecular complexity index is 942. The van der Waals surface area contributed by atoms with Crippen LogP contribution in [0.3, 0.4) is 0 Å². The van der Waals surface area contributed by atoms with Gasteiger partial charge < -0.3 is 14.6 Å². The molecule has 0 radical (unpaired) electrons. The number of thiocarbonyl (C=S) groups is 1. The first kappa shape index (κ1) is 19.3. The van der Waals surface area contributed by atoms with Gasteiger partial charge in [-0.25, -0.2) is 4.98 Å². The van der Waals surface area contributed by atoms with Crippen molar-refractivity contribution < 1.29 is 19.4 Å².